The average Bonchev–Trinajstić information content (AvgIpc) is 2.77. The third kappa shape index (κ3) is 3.83. The monoisotopic (exact) mass is 448 g/mol. The Morgan fingerprint density at radius 3 is 2.20 bits per heavy atom. The topological polar surface area (TPSA) is 75.5 Å². The molecule has 10 heteroatoms. The molecule has 30 heavy (non-hydrogen) atoms. The van der Waals surface area contributed by atoms with Crippen molar-refractivity contribution in [1.82, 2.24) is 14.1 Å². The molecule has 156 valence electrons. The molecule has 7 nitrogen and oxygen atoms in total. The number of nitrogens with zero attached hydrogens (tertiary/aromatic N) is 4. The number of sulfonamides is 1. The van der Waals surface area contributed by atoms with Crippen molar-refractivity contribution in [2.45, 2.75) is 4.90 Å². The average molecular weight is 449 g/mol. The van der Waals surface area contributed by atoms with E-state index in [1.165, 1.54) is 27.3 Å². The standard InChI is InChI=1S/C20H18ClFN4O3S/c21-19-18(14-23-26(20(19)27)16-4-2-1-3-5-16)24-10-12-25(13-11-24)30(28,29)17-8-6-15(22)7-9-17/h1-9,14H,10-13H2. The first-order valence-corrected chi connectivity index (χ1v) is 11.0. The maximum Gasteiger partial charge on any atom is 0.292 e. The molecule has 0 spiro atoms. The van der Waals surface area contributed by atoms with Gasteiger partial charge in [0.15, 0.2) is 0 Å². The van der Waals surface area contributed by atoms with E-state index < -0.39 is 21.4 Å². The number of benzene rings is 2. The summed E-state index contributed by atoms with van der Waals surface area (Å²) >= 11 is 6.34. The summed E-state index contributed by atoms with van der Waals surface area (Å²) in [5, 5.41) is 4.25. The summed E-state index contributed by atoms with van der Waals surface area (Å²) < 4.78 is 41.2. The van der Waals surface area contributed by atoms with Crippen molar-refractivity contribution in [2.75, 3.05) is 31.1 Å². The van der Waals surface area contributed by atoms with E-state index in [4.69, 9.17) is 11.6 Å². The Hall–Kier alpha value is -2.75. The van der Waals surface area contributed by atoms with Gasteiger partial charge in [-0.3, -0.25) is 4.79 Å². The van der Waals surface area contributed by atoms with Crippen molar-refractivity contribution in [3.63, 3.8) is 0 Å². The van der Waals surface area contributed by atoms with Crippen molar-refractivity contribution in [3.05, 3.63) is 82.0 Å². The fourth-order valence-electron chi connectivity index (χ4n) is 3.32. The molecule has 0 atom stereocenters. The summed E-state index contributed by atoms with van der Waals surface area (Å²) in [5.41, 5.74) is 0.626. The third-order valence-corrected chi connectivity index (χ3v) is 7.20. The van der Waals surface area contributed by atoms with Crippen molar-refractivity contribution < 1.29 is 12.8 Å². The summed E-state index contributed by atoms with van der Waals surface area (Å²) in [5.74, 6) is -0.494. The predicted molar refractivity (Wildman–Crippen MR) is 112 cm³/mol. The molecular formula is C20H18ClFN4O3S. The van der Waals surface area contributed by atoms with Crippen molar-refractivity contribution in [2.24, 2.45) is 0 Å². The van der Waals surface area contributed by atoms with E-state index in [-0.39, 0.29) is 23.0 Å². The molecule has 1 aromatic heterocycles. The van der Waals surface area contributed by atoms with Crippen LogP contribution in [0.5, 0.6) is 0 Å². The largest absolute Gasteiger partial charge is 0.366 e. The highest BCUT2D eigenvalue weighted by atomic mass is 35.5. The Balaban J connectivity index is 1.52. The molecule has 0 radical (unpaired) electrons. The smallest absolute Gasteiger partial charge is 0.292 e. The highest BCUT2D eigenvalue weighted by Gasteiger charge is 2.29. The van der Waals surface area contributed by atoms with E-state index in [0.29, 0.717) is 24.5 Å². The van der Waals surface area contributed by atoms with E-state index >= 15 is 0 Å². The van der Waals surface area contributed by atoms with Gasteiger partial charge in [-0.1, -0.05) is 29.8 Å². The van der Waals surface area contributed by atoms with Crippen LogP contribution in [0.4, 0.5) is 10.1 Å². The summed E-state index contributed by atoms with van der Waals surface area (Å²) in [6.45, 7) is 1.10. The second-order valence-electron chi connectivity index (χ2n) is 6.74. The van der Waals surface area contributed by atoms with Gasteiger partial charge in [-0.25, -0.2) is 12.8 Å². The minimum Gasteiger partial charge on any atom is -0.366 e. The SMILES string of the molecule is O=c1c(Cl)c(N2CCN(S(=O)(=O)c3ccc(F)cc3)CC2)cnn1-c1ccccc1. The minimum atomic E-state index is -3.72. The number of hydrogen-bond donors (Lipinski definition) is 0. The summed E-state index contributed by atoms with van der Waals surface area (Å²) in [4.78, 5) is 14.6. The molecular weight excluding hydrogens is 431 g/mol. The highest BCUT2D eigenvalue weighted by molar-refractivity contribution is 7.89. The Morgan fingerprint density at radius 2 is 1.57 bits per heavy atom. The van der Waals surface area contributed by atoms with E-state index in [9.17, 15) is 17.6 Å². The number of hydrogen-bond acceptors (Lipinski definition) is 5. The molecule has 1 aliphatic heterocycles. The molecule has 2 heterocycles. The lowest BCUT2D eigenvalue weighted by molar-refractivity contribution is 0.384. The molecule has 3 aromatic rings. The van der Waals surface area contributed by atoms with Gasteiger partial charge in [0.25, 0.3) is 5.56 Å². The van der Waals surface area contributed by atoms with Gasteiger partial charge in [0, 0.05) is 26.2 Å². The van der Waals surface area contributed by atoms with Crippen molar-refractivity contribution >= 4 is 27.3 Å². The van der Waals surface area contributed by atoms with E-state index in [2.05, 4.69) is 5.10 Å². The number of para-hydroxylation sites is 1. The van der Waals surface area contributed by atoms with Gasteiger partial charge in [0.1, 0.15) is 10.8 Å². The predicted octanol–water partition coefficient (Wildman–Crippen LogP) is 2.54. The van der Waals surface area contributed by atoms with Gasteiger partial charge in [0.05, 0.1) is 22.5 Å². The van der Waals surface area contributed by atoms with Crippen LogP contribution in [0.2, 0.25) is 5.02 Å². The minimum absolute atomic E-state index is 0.0312. The van der Waals surface area contributed by atoms with Gasteiger partial charge in [0.2, 0.25) is 10.0 Å². The Kier molecular flexibility index (Phi) is 5.59. The fourth-order valence-corrected chi connectivity index (χ4v) is 4.99. The second kappa shape index (κ2) is 8.17. The van der Waals surface area contributed by atoms with Crippen LogP contribution in [0.1, 0.15) is 0 Å². The number of piperazine rings is 1. The molecule has 0 unspecified atom stereocenters. The molecule has 0 saturated carbocycles. The number of anilines is 1. The van der Waals surface area contributed by atoms with Gasteiger partial charge in [-0.05, 0) is 36.4 Å². The zero-order chi connectivity index (χ0) is 21.3. The quantitative estimate of drug-likeness (QED) is 0.613. The van der Waals surface area contributed by atoms with Crippen molar-refractivity contribution in [1.29, 1.82) is 0 Å². The Morgan fingerprint density at radius 1 is 0.933 bits per heavy atom. The first-order valence-electron chi connectivity index (χ1n) is 9.22. The molecule has 1 saturated heterocycles. The number of halogens is 2. The van der Waals surface area contributed by atoms with Gasteiger partial charge in [-0.2, -0.15) is 14.1 Å². The van der Waals surface area contributed by atoms with Gasteiger partial charge < -0.3 is 4.90 Å². The van der Waals surface area contributed by atoms with E-state index in [0.717, 1.165) is 12.1 Å². The van der Waals surface area contributed by atoms with Crippen LogP contribution in [-0.2, 0) is 10.0 Å². The molecule has 1 fully saturated rings. The Labute approximate surface area is 178 Å². The lowest BCUT2D eigenvalue weighted by Gasteiger charge is -2.35. The number of rotatable bonds is 4. The fraction of sp³-hybridized carbons (Fsp3) is 0.200. The zero-order valence-corrected chi connectivity index (χ0v) is 17.4. The molecule has 1 aliphatic rings. The highest BCUT2D eigenvalue weighted by Crippen LogP contribution is 2.25. The molecule has 4 rings (SSSR count). The summed E-state index contributed by atoms with van der Waals surface area (Å²) in [6.07, 6.45) is 1.51. The third-order valence-electron chi connectivity index (χ3n) is 4.93. The van der Waals surface area contributed by atoms with Crippen LogP contribution in [0.15, 0.2) is 70.5 Å². The maximum absolute atomic E-state index is 13.1. The lowest BCUT2D eigenvalue weighted by atomic mass is 10.3. The van der Waals surface area contributed by atoms with E-state index in [1.807, 2.05) is 11.0 Å². The zero-order valence-electron chi connectivity index (χ0n) is 15.8. The Bertz CT molecular complexity index is 1210. The first-order chi connectivity index (χ1) is 14.4. The van der Waals surface area contributed by atoms with E-state index in [1.54, 1.807) is 24.3 Å². The van der Waals surface area contributed by atoms with Crippen LogP contribution in [0, 0.1) is 5.82 Å². The van der Waals surface area contributed by atoms with Crippen molar-refractivity contribution in [3.8, 4) is 5.69 Å². The van der Waals surface area contributed by atoms with Crippen LogP contribution < -0.4 is 10.5 Å². The molecule has 0 aliphatic carbocycles. The molecule has 0 bridgehead atoms. The normalized spacial score (nSPS) is 15.3. The first kappa shape index (κ1) is 20.5. The van der Waals surface area contributed by atoms with Crippen LogP contribution in [0.25, 0.3) is 5.69 Å². The van der Waals surface area contributed by atoms with Gasteiger partial charge >= 0.3 is 0 Å². The molecule has 0 amide bonds. The van der Waals surface area contributed by atoms with Crippen LogP contribution in [0.3, 0.4) is 0 Å². The lowest BCUT2D eigenvalue weighted by Crippen LogP contribution is -2.49. The second-order valence-corrected chi connectivity index (χ2v) is 9.06. The summed E-state index contributed by atoms with van der Waals surface area (Å²) in [7, 11) is -3.72. The van der Waals surface area contributed by atoms with Crippen LogP contribution >= 0.6 is 11.6 Å². The maximum atomic E-state index is 13.1. The summed E-state index contributed by atoms with van der Waals surface area (Å²) in [6, 6.07) is 13.7. The van der Waals surface area contributed by atoms with Crippen LogP contribution in [-0.4, -0.2) is 48.7 Å². The number of aromatic nitrogens is 2. The molecule has 0 N–H and O–H groups in total. The molecule has 2 aromatic carbocycles. The van der Waals surface area contributed by atoms with Gasteiger partial charge in [-0.15, -0.1) is 0 Å².